The third kappa shape index (κ3) is 3.50. The van der Waals surface area contributed by atoms with Crippen molar-refractivity contribution in [2.45, 2.75) is 19.6 Å². The van der Waals surface area contributed by atoms with Crippen LogP contribution in [0, 0.1) is 17.0 Å². The van der Waals surface area contributed by atoms with Crippen LogP contribution in [-0.4, -0.2) is 9.91 Å². The number of nitrogens with one attached hydrogen (secondary N) is 1. The van der Waals surface area contributed by atoms with Gasteiger partial charge in [0.2, 0.25) is 5.89 Å². The second-order valence-corrected chi connectivity index (χ2v) is 4.21. The van der Waals surface area contributed by atoms with E-state index in [-0.39, 0.29) is 18.1 Å². The summed E-state index contributed by atoms with van der Waals surface area (Å²) in [4.78, 5) is 13.9. The van der Waals surface area contributed by atoms with E-state index in [0.29, 0.717) is 11.8 Å². The Kier molecular flexibility index (Phi) is 3.83. The Morgan fingerprint density at radius 2 is 2.14 bits per heavy atom. The minimum absolute atomic E-state index is 0.0278. The van der Waals surface area contributed by atoms with Gasteiger partial charge in [-0.25, -0.2) is 4.98 Å². The predicted molar refractivity (Wildman–Crippen MR) is 66.7 cm³/mol. The van der Waals surface area contributed by atoms with Crippen LogP contribution < -0.4 is 5.32 Å². The Morgan fingerprint density at radius 3 is 2.67 bits per heavy atom. The van der Waals surface area contributed by atoms with Crippen molar-refractivity contribution in [3.8, 4) is 0 Å². The van der Waals surface area contributed by atoms with Crippen molar-refractivity contribution in [3.63, 3.8) is 0 Å². The topological polar surface area (TPSA) is 81.2 Å². The lowest BCUT2D eigenvalue weighted by Crippen LogP contribution is -2.08. The first-order chi connectivity index (χ1) is 9.77. The van der Waals surface area contributed by atoms with Gasteiger partial charge >= 0.3 is 6.18 Å². The molecule has 21 heavy (non-hydrogen) atoms. The third-order valence-corrected chi connectivity index (χ3v) is 2.62. The lowest BCUT2D eigenvalue weighted by molar-refractivity contribution is -0.384. The monoisotopic (exact) mass is 301 g/mol. The van der Waals surface area contributed by atoms with Gasteiger partial charge in [-0.2, -0.15) is 13.2 Å². The smallest absolute Gasteiger partial charge is 0.416 e. The van der Waals surface area contributed by atoms with Gasteiger partial charge in [0.1, 0.15) is 11.4 Å². The summed E-state index contributed by atoms with van der Waals surface area (Å²) in [6.07, 6.45) is -3.17. The molecule has 0 atom stereocenters. The quantitative estimate of drug-likeness (QED) is 0.690. The highest BCUT2D eigenvalue weighted by Crippen LogP contribution is 2.35. The van der Waals surface area contributed by atoms with Crippen molar-refractivity contribution in [1.29, 1.82) is 0 Å². The Bertz CT molecular complexity index is 667. The van der Waals surface area contributed by atoms with E-state index in [4.69, 9.17) is 4.42 Å². The molecule has 0 saturated carbocycles. The zero-order valence-electron chi connectivity index (χ0n) is 10.8. The Labute approximate surface area is 116 Å². The molecule has 0 amide bonds. The van der Waals surface area contributed by atoms with Gasteiger partial charge in [0, 0.05) is 6.07 Å². The summed E-state index contributed by atoms with van der Waals surface area (Å²) in [7, 11) is 0. The zero-order chi connectivity index (χ0) is 15.6. The van der Waals surface area contributed by atoms with E-state index in [0.717, 1.165) is 12.1 Å². The largest absolute Gasteiger partial charge is 0.444 e. The van der Waals surface area contributed by atoms with Gasteiger partial charge in [-0.1, -0.05) is 0 Å². The van der Waals surface area contributed by atoms with Gasteiger partial charge in [0.25, 0.3) is 5.69 Å². The molecule has 2 aromatic rings. The van der Waals surface area contributed by atoms with E-state index in [1.807, 2.05) is 0 Å². The number of nitrogens with zero attached hydrogens (tertiary/aromatic N) is 2. The number of aromatic nitrogens is 1. The van der Waals surface area contributed by atoms with Crippen LogP contribution in [0.25, 0.3) is 0 Å². The summed E-state index contributed by atoms with van der Waals surface area (Å²) in [6.45, 7) is 1.71. The minimum Gasteiger partial charge on any atom is -0.444 e. The number of hydrogen-bond acceptors (Lipinski definition) is 5. The molecular formula is C12H10F3N3O3. The molecule has 0 spiro atoms. The van der Waals surface area contributed by atoms with Crippen LogP contribution in [0.4, 0.5) is 24.5 Å². The number of oxazole rings is 1. The normalized spacial score (nSPS) is 11.4. The molecule has 1 aromatic heterocycles. The van der Waals surface area contributed by atoms with Crippen LogP contribution in [0.1, 0.15) is 17.2 Å². The molecule has 6 nitrogen and oxygen atoms in total. The number of halogens is 3. The van der Waals surface area contributed by atoms with E-state index in [1.165, 1.54) is 6.20 Å². The Balaban J connectivity index is 2.24. The predicted octanol–water partition coefficient (Wildman–Crippen LogP) is 3.52. The average Bonchev–Trinajstić information content (AvgIpc) is 2.80. The number of nitro benzene ring substituents is 1. The van der Waals surface area contributed by atoms with Crippen LogP contribution in [0.5, 0.6) is 0 Å². The first kappa shape index (κ1) is 14.8. The molecule has 1 N–H and O–H groups in total. The van der Waals surface area contributed by atoms with Gasteiger partial charge in [-0.15, -0.1) is 0 Å². The molecule has 0 aliphatic rings. The van der Waals surface area contributed by atoms with Gasteiger partial charge in [0.05, 0.1) is 23.2 Å². The SMILES string of the molecule is Cc1cnc(CNc2ccc(C(F)(F)F)cc2[N+](=O)[O-])o1. The summed E-state index contributed by atoms with van der Waals surface area (Å²) in [5.74, 6) is 0.843. The highest BCUT2D eigenvalue weighted by atomic mass is 19.4. The van der Waals surface area contributed by atoms with Gasteiger partial charge < -0.3 is 9.73 Å². The number of hydrogen-bond donors (Lipinski definition) is 1. The van der Waals surface area contributed by atoms with Gasteiger partial charge in [-0.05, 0) is 19.1 Å². The molecule has 2 rings (SSSR count). The van der Waals surface area contributed by atoms with E-state index in [2.05, 4.69) is 10.3 Å². The molecular weight excluding hydrogens is 291 g/mol. The maximum absolute atomic E-state index is 12.5. The Morgan fingerprint density at radius 1 is 1.43 bits per heavy atom. The molecule has 0 unspecified atom stereocenters. The summed E-state index contributed by atoms with van der Waals surface area (Å²) >= 11 is 0. The number of anilines is 1. The lowest BCUT2D eigenvalue weighted by atomic mass is 10.1. The van der Waals surface area contributed by atoms with Crippen molar-refractivity contribution in [2.24, 2.45) is 0 Å². The fraction of sp³-hybridized carbons (Fsp3) is 0.250. The number of benzene rings is 1. The van der Waals surface area contributed by atoms with Crippen molar-refractivity contribution >= 4 is 11.4 Å². The molecule has 0 aliphatic carbocycles. The van der Waals surface area contributed by atoms with E-state index in [9.17, 15) is 23.3 Å². The van der Waals surface area contributed by atoms with Crippen molar-refractivity contribution < 1.29 is 22.5 Å². The summed E-state index contributed by atoms with van der Waals surface area (Å²) < 4.78 is 42.8. The Hall–Kier alpha value is -2.58. The molecule has 0 saturated heterocycles. The van der Waals surface area contributed by atoms with Crippen LogP contribution in [0.3, 0.4) is 0 Å². The van der Waals surface area contributed by atoms with Crippen LogP contribution in [0.2, 0.25) is 0 Å². The van der Waals surface area contributed by atoms with Crippen LogP contribution in [-0.2, 0) is 12.7 Å². The zero-order valence-corrected chi connectivity index (χ0v) is 10.8. The van der Waals surface area contributed by atoms with Crippen molar-refractivity contribution in [3.05, 3.63) is 51.7 Å². The molecule has 1 aromatic carbocycles. The number of alkyl halides is 3. The summed E-state index contributed by atoms with van der Waals surface area (Å²) in [6, 6.07) is 2.27. The standard InChI is InChI=1S/C12H10F3N3O3/c1-7-5-17-11(21-7)6-16-9-3-2-8(12(13,14)15)4-10(9)18(19)20/h2-5,16H,6H2,1H3. The molecule has 0 bridgehead atoms. The number of rotatable bonds is 4. The van der Waals surface area contributed by atoms with Gasteiger partial charge in [0.15, 0.2) is 0 Å². The van der Waals surface area contributed by atoms with Crippen LogP contribution in [0.15, 0.2) is 28.8 Å². The number of nitro groups is 1. The first-order valence-electron chi connectivity index (χ1n) is 5.78. The van der Waals surface area contributed by atoms with E-state index < -0.39 is 22.4 Å². The lowest BCUT2D eigenvalue weighted by Gasteiger charge is -2.09. The second-order valence-electron chi connectivity index (χ2n) is 4.21. The minimum atomic E-state index is -4.64. The van der Waals surface area contributed by atoms with Crippen molar-refractivity contribution in [1.82, 2.24) is 4.98 Å². The maximum atomic E-state index is 12.5. The fourth-order valence-corrected chi connectivity index (χ4v) is 1.66. The molecule has 1 heterocycles. The molecule has 0 radical (unpaired) electrons. The fourth-order valence-electron chi connectivity index (χ4n) is 1.66. The maximum Gasteiger partial charge on any atom is 0.416 e. The molecule has 9 heteroatoms. The van der Waals surface area contributed by atoms with Gasteiger partial charge in [-0.3, -0.25) is 10.1 Å². The van der Waals surface area contributed by atoms with Crippen molar-refractivity contribution in [2.75, 3.05) is 5.32 Å². The summed E-state index contributed by atoms with van der Waals surface area (Å²) in [5.41, 5.74) is -1.77. The third-order valence-electron chi connectivity index (χ3n) is 2.62. The summed E-state index contributed by atoms with van der Waals surface area (Å²) in [5, 5.41) is 13.5. The number of aryl methyl sites for hydroxylation is 1. The molecule has 0 fully saturated rings. The second kappa shape index (κ2) is 5.43. The van der Waals surface area contributed by atoms with Crippen LogP contribution >= 0.6 is 0 Å². The first-order valence-corrected chi connectivity index (χ1v) is 5.78. The highest BCUT2D eigenvalue weighted by Gasteiger charge is 2.33. The van der Waals surface area contributed by atoms with E-state index >= 15 is 0 Å². The van der Waals surface area contributed by atoms with E-state index in [1.54, 1.807) is 6.92 Å². The molecule has 112 valence electrons. The molecule has 0 aliphatic heterocycles. The highest BCUT2D eigenvalue weighted by molar-refractivity contribution is 5.62. The average molecular weight is 301 g/mol.